The predicted molar refractivity (Wildman–Crippen MR) is 78.2 cm³/mol. The van der Waals surface area contributed by atoms with Crippen LogP contribution >= 0.6 is 0 Å². The van der Waals surface area contributed by atoms with Gasteiger partial charge in [-0.25, -0.2) is 0 Å². The van der Waals surface area contributed by atoms with Crippen molar-refractivity contribution in [2.45, 2.75) is 64.5 Å². The summed E-state index contributed by atoms with van der Waals surface area (Å²) >= 11 is 0. The number of esters is 1. The number of hydrogen-bond donors (Lipinski definition) is 1. The summed E-state index contributed by atoms with van der Waals surface area (Å²) in [7, 11) is 1.48. The zero-order valence-electron chi connectivity index (χ0n) is 13.0. The summed E-state index contributed by atoms with van der Waals surface area (Å²) in [6, 6.07) is 0.509. The minimum absolute atomic E-state index is 0.133. The van der Waals surface area contributed by atoms with Gasteiger partial charge in [0.25, 0.3) is 0 Å². The van der Waals surface area contributed by atoms with Crippen LogP contribution in [0.4, 0.5) is 0 Å². The molecule has 0 aromatic rings. The fraction of sp³-hybridized carbons (Fsp3) is 0.933. The molecule has 0 spiro atoms. The van der Waals surface area contributed by atoms with Crippen LogP contribution in [-0.2, 0) is 9.53 Å². The Bertz CT molecular complexity index is 279. The molecule has 4 heteroatoms. The Morgan fingerprint density at radius 2 is 2.05 bits per heavy atom. The summed E-state index contributed by atoms with van der Waals surface area (Å²) in [5.41, 5.74) is -0.532. The number of rotatable bonds is 10. The van der Waals surface area contributed by atoms with Crippen LogP contribution < -0.4 is 5.32 Å². The SMILES string of the molecule is CCCCN(CC)CCC(C)(NC1CC1)C(=O)OC. The molecule has 19 heavy (non-hydrogen) atoms. The first-order valence-corrected chi connectivity index (χ1v) is 7.64. The number of unbranched alkanes of at least 4 members (excludes halogenated alkanes) is 1. The lowest BCUT2D eigenvalue weighted by Crippen LogP contribution is -2.53. The second kappa shape index (κ2) is 7.85. The third-order valence-electron chi connectivity index (χ3n) is 3.94. The Hall–Kier alpha value is -0.610. The van der Waals surface area contributed by atoms with E-state index in [1.54, 1.807) is 0 Å². The quantitative estimate of drug-likeness (QED) is 0.618. The van der Waals surface area contributed by atoms with Crippen molar-refractivity contribution in [3.05, 3.63) is 0 Å². The molecule has 0 aromatic heterocycles. The summed E-state index contributed by atoms with van der Waals surface area (Å²) in [5.74, 6) is -0.133. The van der Waals surface area contributed by atoms with Crippen molar-refractivity contribution in [2.24, 2.45) is 0 Å². The molecule has 1 rings (SSSR count). The molecule has 0 heterocycles. The van der Waals surface area contributed by atoms with Crippen LogP contribution in [0.1, 0.15) is 52.9 Å². The van der Waals surface area contributed by atoms with E-state index in [1.807, 2.05) is 6.92 Å². The molecule has 0 aliphatic heterocycles. The smallest absolute Gasteiger partial charge is 0.325 e. The third kappa shape index (κ3) is 5.49. The summed E-state index contributed by atoms with van der Waals surface area (Å²) in [4.78, 5) is 14.4. The molecule has 0 aromatic carbocycles. The fourth-order valence-corrected chi connectivity index (χ4v) is 2.33. The van der Waals surface area contributed by atoms with Gasteiger partial charge in [0.2, 0.25) is 0 Å². The summed E-state index contributed by atoms with van der Waals surface area (Å²) in [5, 5.41) is 3.45. The van der Waals surface area contributed by atoms with Gasteiger partial charge >= 0.3 is 5.97 Å². The number of nitrogens with zero attached hydrogens (tertiary/aromatic N) is 1. The average Bonchev–Trinajstić information content (AvgIpc) is 3.21. The molecular weight excluding hydrogens is 240 g/mol. The molecular formula is C15H30N2O2. The normalized spacial score (nSPS) is 18.4. The predicted octanol–water partition coefficient (Wildman–Crippen LogP) is 2.18. The second-order valence-corrected chi connectivity index (χ2v) is 5.78. The van der Waals surface area contributed by atoms with Crippen LogP contribution in [0.5, 0.6) is 0 Å². The van der Waals surface area contributed by atoms with E-state index in [9.17, 15) is 4.79 Å². The van der Waals surface area contributed by atoms with Gasteiger partial charge in [-0.15, -0.1) is 0 Å². The first-order valence-electron chi connectivity index (χ1n) is 7.64. The molecule has 0 saturated heterocycles. The molecule has 1 N–H and O–H groups in total. The van der Waals surface area contributed by atoms with Gasteiger partial charge in [-0.1, -0.05) is 20.3 Å². The van der Waals surface area contributed by atoms with E-state index in [1.165, 1.54) is 32.8 Å². The van der Waals surface area contributed by atoms with Crippen molar-refractivity contribution >= 4 is 5.97 Å². The number of ether oxygens (including phenoxy) is 1. The van der Waals surface area contributed by atoms with Gasteiger partial charge in [0.05, 0.1) is 7.11 Å². The highest BCUT2D eigenvalue weighted by Crippen LogP contribution is 2.25. The lowest BCUT2D eigenvalue weighted by molar-refractivity contribution is -0.148. The maximum atomic E-state index is 12.0. The van der Waals surface area contributed by atoms with Gasteiger partial charge in [-0.3, -0.25) is 10.1 Å². The van der Waals surface area contributed by atoms with E-state index in [0.717, 1.165) is 26.1 Å². The molecule has 4 nitrogen and oxygen atoms in total. The largest absolute Gasteiger partial charge is 0.468 e. The first-order chi connectivity index (χ1) is 9.05. The van der Waals surface area contributed by atoms with Crippen LogP contribution in [0.2, 0.25) is 0 Å². The molecule has 0 amide bonds. The number of hydrogen-bond acceptors (Lipinski definition) is 4. The Labute approximate surface area is 117 Å². The van der Waals surface area contributed by atoms with E-state index in [2.05, 4.69) is 24.1 Å². The van der Waals surface area contributed by atoms with E-state index in [0.29, 0.717) is 6.04 Å². The Morgan fingerprint density at radius 3 is 2.53 bits per heavy atom. The van der Waals surface area contributed by atoms with E-state index in [4.69, 9.17) is 4.74 Å². The summed E-state index contributed by atoms with van der Waals surface area (Å²) in [6.07, 6.45) is 5.61. The van der Waals surface area contributed by atoms with Crippen LogP contribution in [-0.4, -0.2) is 49.2 Å². The maximum absolute atomic E-state index is 12.0. The van der Waals surface area contributed by atoms with Crippen molar-refractivity contribution in [2.75, 3.05) is 26.7 Å². The van der Waals surface area contributed by atoms with Gasteiger partial charge < -0.3 is 9.64 Å². The lowest BCUT2D eigenvalue weighted by Gasteiger charge is -2.31. The molecule has 0 radical (unpaired) electrons. The van der Waals surface area contributed by atoms with Crippen LogP contribution in [0.3, 0.4) is 0 Å². The van der Waals surface area contributed by atoms with Crippen LogP contribution in [0.15, 0.2) is 0 Å². The molecule has 112 valence electrons. The highest BCUT2D eigenvalue weighted by molar-refractivity contribution is 5.80. The van der Waals surface area contributed by atoms with Crippen molar-refractivity contribution in [3.8, 4) is 0 Å². The Balaban J connectivity index is 2.48. The Kier molecular flexibility index (Phi) is 6.80. The fourth-order valence-electron chi connectivity index (χ4n) is 2.33. The minimum Gasteiger partial charge on any atom is -0.468 e. The average molecular weight is 270 g/mol. The van der Waals surface area contributed by atoms with Gasteiger partial charge in [0, 0.05) is 12.6 Å². The molecule has 1 fully saturated rings. The number of carbonyl (C=O) groups is 1. The third-order valence-corrected chi connectivity index (χ3v) is 3.94. The molecule has 0 bridgehead atoms. The Morgan fingerprint density at radius 1 is 1.37 bits per heavy atom. The van der Waals surface area contributed by atoms with Crippen LogP contribution in [0.25, 0.3) is 0 Å². The van der Waals surface area contributed by atoms with Gasteiger partial charge in [0.1, 0.15) is 5.54 Å². The lowest BCUT2D eigenvalue weighted by atomic mass is 9.97. The first kappa shape index (κ1) is 16.4. The molecule has 1 aliphatic carbocycles. The van der Waals surface area contributed by atoms with E-state index in [-0.39, 0.29) is 5.97 Å². The highest BCUT2D eigenvalue weighted by atomic mass is 16.5. The molecule has 1 aliphatic rings. The zero-order valence-corrected chi connectivity index (χ0v) is 13.0. The number of nitrogens with one attached hydrogen (secondary N) is 1. The van der Waals surface area contributed by atoms with Crippen molar-refractivity contribution in [1.82, 2.24) is 10.2 Å². The zero-order chi connectivity index (χ0) is 14.3. The van der Waals surface area contributed by atoms with Crippen LogP contribution in [0, 0.1) is 0 Å². The molecule has 1 saturated carbocycles. The van der Waals surface area contributed by atoms with Crippen molar-refractivity contribution < 1.29 is 9.53 Å². The van der Waals surface area contributed by atoms with Gasteiger partial charge in [-0.05, 0) is 45.7 Å². The molecule has 1 unspecified atom stereocenters. The standard InChI is InChI=1S/C15H30N2O2/c1-5-7-11-17(6-2)12-10-15(3,14(18)19-4)16-13-8-9-13/h13,16H,5-12H2,1-4H3. The minimum atomic E-state index is -0.532. The van der Waals surface area contributed by atoms with E-state index < -0.39 is 5.54 Å². The molecule has 1 atom stereocenters. The highest BCUT2D eigenvalue weighted by Gasteiger charge is 2.39. The second-order valence-electron chi connectivity index (χ2n) is 5.78. The van der Waals surface area contributed by atoms with Crippen molar-refractivity contribution in [1.29, 1.82) is 0 Å². The summed E-state index contributed by atoms with van der Waals surface area (Å²) < 4.78 is 4.97. The van der Waals surface area contributed by atoms with E-state index >= 15 is 0 Å². The maximum Gasteiger partial charge on any atom is 0.325 e. The van der Waals surface area contributed by atoms with Gasteiger partial charge in [-0.2, -0.15) is 0 Å². The topological polar surface area (TPSA) is 41.6 Å². The van der Waals surface area contributed by atoms with Crippen molar-refractivity contribution in [3.63, 3.8) is 0 Å². The monoisotopic (exact) mass is 270 g/mol. The number of carbonyl (C=O) groups excluding carboxylic acids is 1. The number of methoxy groups -OCH3 is 1. The van der Waals surface area contributed by atoms with Gasteiger partial charge in [0.15, 0.2) is 0 Å². The summed E-state index contributed by atoms with van der Waals surface area (Å²) in [6.45, 7) is 9.47.